The van der Waals surface area contributed by atoms with E-state index in [0.717, 1.165) is 0 Å². The van der Waals surface area contributed by atoms with E-state index in [1.54, 1.807) is 20.3 Å². The van der Waals surface area contributed by atoms with E-state index >= 15 is 0 Å². The number of anilines is 1. The second-order valence-corrected chi connectivity index (χ2v) is 2.60. The highest BCUT2D eigenvalue weighted by Crippen LogP contribution is 2.17. The van der Waals surface area contributed by atoms with Crippen molar-refractivity contribution in [2.24, 2.45) is 7.05 Å². The maximum atomic E-state index is 12.8. The van der Waals surface area contributed by atoms with Crippen LogP contribution in [0.4, 0.5) is 10.2 Å². The van der Waals surface area contributed by atoms with Crippen molar-refractivity contribution in [2.75, 3.05) is 12.4 Å². The Kier molecular flexibility index (Phi) is 1.61. The fourth-order valence-corrected chi connectivity index (χ4v) is 1.19. The molecule has 0 aliphatic carbocycles. The van der Waals surface area contributed by atoms with Gasteiger partial charge in [-0.25, -0.2) is 0 Å². The lowest BCUT2D eigenvalue weighted by Crippen LogP contribution is -2.00. The molecule has 2 aromatic rings. The van der Waals surface area contributed by atoms with Crippen LogP contribution in [0.25, 0.3) is 11.0 Å². The van der Waals surface area contributed by atoms with Gasteiger partial charge in [0.1, 0.15) is 5.82 Å². The lowest BCUT2D eigenvalue weighted by molar-refractivity contribution is 0.543. The maximum Gasteiger partial charge on any atom is 0.312 e. The van der Waals surface area contributed by atoms with E-state index in [0.29, 0.717) is 16.9 Å². The van der Waals surface area contributed by atoms with Crippen molar-refractivity contribution in [3.8, 4) is 0 Å². The number of aromatic nitrogens is 4. The molecule has 1 N–H and O–H groups in total. The van der Waals surface area contributed by atoms with E-state index < -0.39 is 6.08 Å². The smallest absolute Gasteiger partial charge is 0.312 e. The fraction of sp³-hybridized carbons (Fsp3) is 0.286. The largest absolute Gasteiger partial charge is 0.372 e. The molecule has 2 rings (SSSR count). The Balaban J connectivity index is 2.84. The van der Waals surface area contributed by atoms with Gasteiger partial charge in [0.15, 0.2) is 5.65 Å². The molecule has 6 heteroatoms. The summed E-state index contributed by atoms with van der Waals surface area (Å²) in [6.45, 7) is 0. The van der Waals surface area contributed by atoms with Gasteiger partial charge >= 0.3 is 6.08 Å². The predicted octanol–water partition coefficient (Wildman–Crippen LogP) is 0.544. The van der Waals surface area contributed by atoms with E-state index in [2.05, 4.69) is 20.4 Å². The molecule has 0 saturated carbocycles. The molecular formula is C7H8FN5. The summed E-state index contributed by atoms with van der Waals surface area (Å²) >= 11 is 0. The van der Waals surface area contributed by atoms with Gasteiger partial charge in [0.25, 0.3) is 0 Å². The van der Waals surface area contributed by atoms with Crippen LogP contribution < -0.4 is 5.32 Å². The van der Waals surface area contributed by atoms with Gasteiger partial charge in [0.2, 0.25) is 0 Å². The molecule has 0 aliphatic heterocycles. The van der Waals surface area contributed by atoms with E-state index in [1.807, 2.05) is 0 Å². The molecule has 0 amide bonds. The van der Waals surface area contributed by atoms with Crippen LogP contribution in [-0.4, -0.2) is 26.8 Å². The third-order valence-corrected chi connectivity index (χ3v) is 1.80. The summed E-state index contributed by atoms with van der Waals surface area (Å²) in [6.07, 6.45) is 0.848. The number of nitrogens with zero attached hydrogens (tertiary/aromatic N) is 4. The number of hydrogen-bond acceptors (Lipinski definition) is 4. The minimum Gasteiger partial charge on any atom is -0.372 e. The Hall–Kier alpha value is -1.72. The summed E-state index contributed by atoms with van der Waals surface area (Å²) in [4.78, 5) is 7.22. The zero-order chi connectivity index (χ0) is 9.42. The average Bonchev–Trinajstić information content (AvgIpc) is 2.47. The summed E-state index contributed by atoms with van der Waals surface area (Å²) in [5, 5.41) is 7.45. The Bertz CT molecular complexity index is 449. The lowest BCUT2D eigenvalue weighted by atomic mass is 10.4. The van der Waals surface area contributed by atoms with Crippen molar-refractivity contribution < 1.29 is 4.39 Å². The Labute approximate surface area is 73.6 Å². The molecule has 0 radical (unpaired) electrons. The number of hydrogen-bond donors (Lipinski definition) is 1. The van der Waals surface area contributed by atoms with Gasteiger partial charge < -0.3 is 5.32 Å². The highest BCUT2D eigenvalue weighted by atomic mass is 19.1. The van der Waals surface area contributed by atoms with Crippen LogP contribution in [0.2, 0.25) is 0 Å². The van der Waals surface area contributed by atoms with E-state index in [-0.39, 0.29) is 0 Å². The molecule has 0 unspecified atom stereocenters. The summed E-state index contributed by atoms with van der Waals surface area (Å²) in [6, 6.07) is 0. The Morgan fingerprint density at radius 3 is 2.92 bits per heavy atom. The highest BCUT2D eigenvalue weighted by Gasteiger charge is 2.09. The molecule has 68 valence electrons. The Morgan fingerprint density at radius 2 is 2.23 bits per heavy atom. The van der Waals surface area contributed by atoms with Crippen LogP contribution in [0.5, 0.6) is 0 Å². The lowest BCUT2D eigenvalue weighted by Gasteiger charge is -1.99. The fourth-order valence-electron chi connectivity index (χ4n) is 1.19. The van der Waals surface area contributed by atoms with Crippen LogP contribution >= 0.6 is 0 Å². The van der Waals surface area contributed by atoms with Crippen LogP contribution in [-0.2, 0) is 7.05 Å². The number of fused-ring (bicyclic) bond motifs is 1. The van der Waals surface area contributed by atoms with Crippen LogP contribution in [0.1, 0.15) is 0 Å². The molecule has 2 aromatic heterocycles. The first-order valence-electron chi connectivity index (χ1n) is 3.75. The zero-order valence-corrected chi connectivity index (χ0v) is 7.24. The summed E-state index contributed by atoms with van der Waals surface area (Å²) in [5.74, 6) is 0.454. The third kappa shape index (κ3) is 1.10. The summed E-state index contributed by atoms with van der Waals surface area (Å²) < 4.78 is 14.3. The van der Waals surface area contributed by atoms with Crippen LogP contribution in [0.3, 0.4) is 0 Å². The maximum absolute atomic E-state index is 12.8. The van der Waals surface area contributed by atoms with Gasteiger partial charge in [0, 0.05) is 14.1 Å². The second kappa shape index (κ2) is 2.65. The third-order valence-electron chi connectivity index (χ3n) is 1.80. The van der Waals surface area contributed by atoms with Gasteiger partial charge in [-0.05, 0) is 0 Å². The monoisotopic (exact) mass is 181 g/mol. The summed E-state index contributed by atoms with van der Waals surface area (Å²) in [5.41, 5.74) is 0.483. The minimum atomic E-state index is -0.750. The van der Waals surface area contributed by atoms with Crippen LogP contribution in [0.15, 0.2) is 6.20 Å². The quantitative estimate of drug-likeness (QED) is 0.652. The predicted molar refractivity (Wildman–Crippen MR) is 45.8 cm³/mol. The van der Waals surface area contributed by atoms with Gasteiger partial charge in [-0.15, -0.1) is 0 Å². The molecule has 2 heterocycles. The molecular weight excluding hydrogens is 173 g/mol. The molecule has 0 atom stereocenters. The first kappa shape index (κ1) is 7.90. The second-order valence-electron chi connectivity index (χ2n) is 2.60. The van der Waals surface area contributed by atoms with Crippen molar-refractivity contribution >= 4 is 16.9 Å². The molecule has 0 spiro atoms. The molecule has 13 heavy (non-hydrogen) atoms. The first-order chi connectivity index (χ1) is 6.22. The summed E-state index contributed by atoms with van der Waals surface area (Å²) in [7, 11) is 3.38. The first-order valence-corrected chi connectivity index (χ1v) is 3.75. The SMILES string of the molecule is CNc1nc(F)nc2c1cnn2C. The molecule has 0 fully saturated rings. The molecule has 0 saturated heterocycles. The molecule has 5 nitrogen and oxygen atoms in total. The molecule has 0 bridgehead atoms. The van der Waals surface area contributed by atoms with Crippen molar-refractivity contribution in [3.05, 3.63) is 12.3 Å². The number of rotatable bonds is 1. The topological polar surface area (TPSA) is 55.6 Å². The standard InChI is InChI=1S/C7H8FN5/c1-9-5-4-3-10-13(2)6(4)12-7(8)11-5/h3H,1-2H3,(H,9,11,12). The number of aryl methyl sites for hydroxylation is 1. The zero-order valence-electron chi connectivity index (χ0n) is 7.24. The van der Waals surface area contributed by atoms with Crippen molar-refractivity contribution in [3.63, 3.8) is 0 Å². The van der Waals surface area contributed by atoms with Gasteiger partial charge in [-0.2, -0.15) is 19.5 Å². The van der Waals surface area contributed by atoms with Gasteiger partial charge in [-0.1, -0.05) is 0 Å². The highest BCUT2D eigenvalue weighted by molar-refractivity contribution is 5.85. The minimum absolute atomic E-state index is 0.454. The van der Waals surface area contributed by atoms with Gasteiger partial charge in [-0.3, -0.25) is 4.68 Å². The average molecular weight is 181 g/mol. The van der Waals surface area contributed by atoms with Crippen molar-refractivity contribution in [1.82, 2.24) is 19.7 Å². The van der Waals surface area contributed by atoms with E-state index in [1.165, 1.54) is 4.68 Å². The van der Waals surface area contributed by atoms with Crippen LogP contribution in [0, 0.1) is 6.08 Å². The van der Waals surface area contributed by atoms with Gasteiger partial charge in [0.05, 0.1) is 11.6 Å². The normalized spacial score (nSPS) is 10.7. The van der Waals surface area contributed by atoms with E-state index in [9.17, 15) is 4.39 Å². The van der Waals surface area contributed by atoms with Crippen molar-refractivity contribution in [2.45, 2.75) is 0 Å². The Morgan fingerprint density at radius 1 is 1.46 bits per heavy atom. The number of halogens is 1. The number of nitrogens with one attached hydrogen (secondary N) is 1. The van der Waals surface area contributed by atoms with Crippen molar-refractivity contribution in [1.29, 1.82) is 0 Å². The molecule has 0 aromatic carbocycles. The van der Waals surface area contributed by atoms with E-state index in [4.69, 9.17) is 0 Å². The molecule has 0 aliphatic rings.